The van der Waals surface area contributed by atoms with Gasteiger partial charge in [-0.1, -0.05) is 0 Å². The Labute approximate surface area is 55.8 Å². The molecule has 0 saturated carbocycles. The predicted octanol–water partition coefficient (Wildman–Crippen LogP) is 0.967. The fourth-order valence-electron chi connectivity index (χ4n) is 0. The molecule has 0 heterocycles. The van der Waals surface area contributed by atoms with Gasteiger partial charge in [-0.25, -0.2) is 0 Å². The number of aliphatic hydroxyl groups is 1. The van der Waals surface area contributed by atoms with E-state index >= 15 is 0 Å². The average Bonchev–Trinajstić information content (AvgIpc) is 1.41. The monoisotopic (exact) mass is 144 g/mol. The average molecular weight is 144 g/mol. The van der Waals surface area contributed by atoms with E-state index in [1.807, 2.05) is 0 Å². The molecule has 0 radical (unpaired) electrons. The summed E-state index contributed by atoms with van der Waals surface area (Å²) in [5.74, 6) is 0. The molecular weight excluding hydrogens is 133 g/mol. The standard InChI is InChI=1S/C3H8O.FH.H3N.Ti/c1-3(2)4;;;/h3-4H,1-2H3;1H;1H3;/q;;;+1/p-1. The summed E-state index contributed by atoms with van der Waals surface area (Å²) in [5, 5.41) is 8.06. The van der Waals surface area contributed by atoms with Crippen LogP contribution in [0.1, 0.15) is 13.8 Å². The molecule has 0 aliphatic heterocycles. The van der Waals surface area contributed by atoms with Gasteiger partial charge in [0.2, 0.25) is 0 Å². The van der Waals surface area contributed by atoms with E-state index in [2.05, 4.69) is 0 Å². The van der Waals surface area contributed by atoms with Crippen LogP contribution in [-0.2, 0) is 21.0 Å². The first-order valence-electron chi connectivity index (χ1n) is 1.60. The Morgan fingerprint density at radius 2 is 1.43 bits per heavy atom. The fraction of sp³-hybridized carbons (Fsp3) is 1.00. The van der Waals surface area contributed by atoms with Gasteiger partial charge in [0.15, 0.2) is 0 Å². The van der Waals surface area contributed by atoms with Crippen LogP contribution in [-0.4, -0.2) is 11.2 Å². The molecule has 7 heavy (non-hydrogen) atoms. The topological polar surface area (TPSA) is 55.2 Å². The van der Waals surface area contributed by atoms with Gasteiger partial charge in [0.25, 0.3) is 0 Å². The molecule has 0 aromatic carbocycles. The molecule has 0 unspecified atom stereocenters. The molecule has 0 bridgehead atoms. The molecule has 0 rings (SSSR count). The molecule has 0 aromatic rings. The van der Waals surface area contributed by atoms with Crippen LogP contribution >= 0.6 is 0 Å². The van der Waals surface area contributed by atoms with Crippen molar-refractivity contribution in [1.29, 1.82) is 0 Å². The molecule has 0 fully saturated rings. The van der Waals surface area contributed by atoms with Crippen LogP contribution in [0.2, 0.25) is 0 Å². The summed E-state index contributed by atoms with van der Waals surface area (Å²) >= 11 is 0.500. The third kappa shape index (κ3) is 429. The zero-order valence-corrected chi connectivity index (χ0v) is 6.17. The fourth-order valence-corrected chi connectivity index (χ4v) is 0. The first-order valence-corrected chi connectivity index (χ1v) is 2.19. The molecule has 45 valence electrons. The molecule has 4 heteroatoms. The van der Waals surface area contributed by atoms with Crippen LogP contribution in [0.4, 0.5) is 3.09 Å². The maximum atomic E-state index is 9.50. The Hall–Kier alpha value is 0.564. The quantitative estimate of drug-likeness (QED) is 0.497. The van der Waals surface area contributed by atoms with Gasteiger partial charge in [0, 0.05) is 6.10 Å². The van der Waals surface area contributed by atoms with Crippen molar-refractivity contribution < 1.29 is 29.2 Å². The number of hydrogen-bond acceptors (Lipinski definition) is 2. The maximum absolute atomic E-state index is 9.50. The van der Waals surface area contributed by atoms with Crippen molar-refractivity contribution in [2.24, 2.45) is 0 Å². The van der Waals surface area contributed by atoms with Crippen LogP contribution in [0.15, 0.2) is 0 Å². The van der Waals surface area contributed by atoms with Gasteiger partial charge in [0.05, 0.1) is 0 Å². The van der Waals surface area contributed by atoms with Gasteiger partial charge in [-0.15, -0.1) is 0 Å². The van der Waals surface area contributed by atoms with Crippen molar-refractivity contribution >= 4 is 0 Å². The first-order chi connectivity index (χ1) is 2.73. The molecule has 0 amide bonds. The van der Waals surface area contributed by atoms with Gasteiger partial charge in [0.1, 0.15) is 0 Å². The third-order valence-corrected chi connectivity index (χ3v) is 0. The van der Waals surface area contributed by atoms with Crippen molar-refractivity contribution in [3.05, 3.63) is 0 Å². The molecule has 0 aliphatic carbocycles. The molecule has 0 aromatic heterocycles. The van der Waals surface area contributed by atoms with Crippen molar-refractivity contribution in [2.75, 3.05) is 0 Å². The van der Waals surface area contributed by atoms with E-state index in [9.17, 15) is 3.09 Å². The molecule has 0 atom stereocenters. The van der Waals surface area contributed by atoms with Gasteiger partial charge in [-0.05, 0) is 13.8 Å². The van der Waals surface area contributed by atoms with E-state index in [4.69, 9.17) is 5.11 Å². The summed E-state index contributed by atoms with van der Waals surface area (Å²) in [7, 11) is 0. The summed E-state index contributed by atoms with van der Waals surface area (Å²) in [4.78, 5) is 0. The number of halogens is 1. The van der Waals surface area contributed by atoms with Gasteiger partial charge in [-0.2, -0.15) is 0 Å². The molecule has 0 aliphatic rings. The second kappa shape index (κ2) is 16.0. The van der Waals surface area contributed by atoms with E-state index < -0.39 is 0 Å². The summed E-state index contributed by atoms with van der Waals surface area (Å²) in [6.07, 6.45) is -0.167. The molecule has 0 spiro atoms. The first kappa shape index (κ1) is 15.6. The summed E-state index contributed by atoms with van der Waals surface area (Å²) in [6.45, 7) is 3.44. The third-order valence-electron chi connectivity index (χ3n) is 0. The van der Waals surface area contributed by atoms with Crippen LogP contribution in [0, 0.1) is 0 Å². The Morgan fingerprint density at radius 1 is 1.43 bits per heavy atom. The Kier molecular flexibility index (Phi) is 35.8. The Morgan fingerprint density at radius 3 is 1.43 bits per heavy atom. The van der Waals surface area contributed by atoms with Crippen LogP contribution in [0.3, 0.4) is 0 Å². The van der Waals surface area contributed by atoms with E-state index in [-0.39, 0.29) is 12.3 Å². The molecular formula is C3H11FNOTi. The summed E-state index contributed by atoms with van der Waals surface area (Å²) in [6, 6.07) is 0. The second-order valence-corrected chi connectivity index (χ2v) is 1.09. The van der Waals surface area contributed by atoms with E-state index in [1.54, 1.807) is 13.8 Å². The minimum atomic E-state index is -0.167. The van der Waals surface area contributed by atoms with Crippen molar-refractivity contribution in [3.8, 4) is 0 Å². The van der Waals surface area contributed by atoms with Crippen molar-refractivity contribution in [3.63, 3.8) is 0 Å². The van der Waals surface area contributed by atoms with Crippen LogP contribution in [0.25, 0.3) is 0 Å². The van der Waals surface area contributed by atoms with E-state index in [0.29, 0.717) is 21.0 Å². The van der Waals surface area contributed by atoms with Gasteiger partial charge >= 0.3 is 24.1 Å². The van der Waals surface area contributed by atoms with E-state index in [1.165, 1.54) is 0 Å². The zero-order chi connectivity index (χ0) is 5.58. The number of rotatable bonds is 0. The molecule has 0 saturated heterocycles. The Bertz CT molecular complexity index is 19.7. The van der Waals surface area contributed by atoms with Crippen LogP contribution in [0.5, 0.6) is 0 Å². The zero-order valence-electron chi connectivity index (χ0n) is 4.61. The molecule has 4 N–H and O–H groups in total. The second-order valence-electron chi connectivity index (χ2n) is 1.09. The van der Waals surface area contributed by atoms with Crippen molar-refractivity contribution in [2.45, 2.75) is 20.0 Å². The number of hydrogen-bond donors (Lipinski definition) is 2. The van der Waals surface area contributed by atoms with Crippen molar-refractivity contribution in [1.82, 2.24) is 6.15 Å². The Balaban J connectivity index is -0.0000000480. The van der Waals surface area contributed by atoms with Crippen LogP contribution < -0.4 is 6.15 Å². The van der Waals surface area contributed by atoms with E-state index in [0.717, 1.165) is 0 Å². The summed E-state index contributed by atoms with van der Waals surface area (Å²) in [5.41, 5.74) is 0. The number of aliphatic hydroxyl groups excluding tert-OH is 1. The molecule has 2 nitrogen and oxygen atoms in total. The minimum absolute atomic E-state index is 0. The SMILES string of the molecule is CC(C)O.N.[F][Ti]. The summed E-state index contributed by atoms with van der Waals surface area (Å²) < 4.78 is 9.50. The van der Waals surface area contributed by atoms with Gasteiger partial charge < -0.3 is 11.3 Å². The predicted molar refractivity (Wildman–Crippen MR) is 23.5 cm³/mol. The normalized spacial score (nSPS) is 5.71. The van der Waals surface area contributed by atoms with Gasteiger partial charge in [-0.3, -0.25) is 0 Å².